The van der Waals surface area contributed by atoms with Gasteiger partial charge in [0.05, 0.1) is 6.04 Å². The van der Waals surface area contributed by atoms with Crippen molar-refractivity contribution < 1.29 is 4.79 Å². The van der Waals surface area contributed by atoms with Gasteiger partial charge in [-0.15, -0.1) is 0 Å². The van der Waals surface area contributed by atoms with Crippen LogP contribution in [-0.4, -0.2) is 5.78 Å². The fraction of sp³-hybridized carbons (Fsp3) is 0.250. The molecule has 0 radical (unpaired) electrons. The first-order valence-electron chi connectivity index (χ1n) is 7.97. The number of halogens is 1. The summed E-state index contributed by atoms with van der Waals surface area (Å²) < 4.78 is 0. The van der Waals surface area contributed by atoms with Crippen LogP contribution in [0.2, 0.25) is 5.02 Å². The predicted octanol–water partition coefficient (Wildman–Crippen LogP) is 5.37. The second kappa shape index (κ2) is 5.54. The Labute approximate surface area is 141 Å². The first kappa shape index (κ1) is 14.5. The number of ketones is 1. The summed E-state index contributed by atoms with van der Waals surface area (Å²) >= 11 is 6.18. The van der Waals surface area contributed by atoms with Crippen LogP contribution in [0.25, 0.3) is 0 Å². The van der Waals surface area contributed by atoms with Crippen molar-refractivity contribution >= 4 is 23.1 Å². The van der Waals surface area contributed by atoms with Crippen LogP contribution in [0.4, 0.5) is 5.69 Å². The number of carbonyl (C=O) groups excluding carboxylic acids is 1. The largest absolute Gasteiger partial charge is 0.378 e. The minimum absolute atomic E-state index is 0.114. The van der Waals surface area contributed by atoms with Crippen molar-refractivity contribution in [2.45, 2.75) is 25.3 Å². The Kier molecular flexibility index (Phi) is 3.50. The van der Waals surface area contributed by atoms with Crippen molar-refractivity contribution in [1.82, 2.24) is 0 Å². The highest BCUT2D eigenvalue weighted by Gasteiger charge is 2.38. The fourth-order valence-corrected chi connectivity index (χ4v) is 4.04. The molecule has 0 spiro atoms. The van der Waals surface area contributed by atoms with Crippen LogP contribution in [0.1, 0.15) is 46.8 Å². The molecule has 0 fully saturated rings. The average Bonchev–Trinajstić information content (AvgIpc) is 3.03. The molecule has 2 nitrogen and oxygen atoms in total. The summed E-state index contributed by atoms with van der Waals surface area (Å²) in [4.78, 5) is 11.7. The van der Waals surface area contributed by atoms with E-state index in [0.717, 1.165) is 22.7 Å². The summed E-state index contributed by atoms with van der Waals surface area (Å²) in [7, 11) is 0. The van der Waals surface area contributed by atoms with E-state index >= 15 is 0 Å². The van der Waals surface area contributed by atoms with Crippen molar-refractivity contribution in [3.05, 3.63) is 76.3 Å². The highest BCUT2D eigenvalue weighted by atomic mass is 35.5. The number of hydrogen-bond acceptors (Lipinski definition) is 2. The summed E-state index contributed by atoms with van der Waals surface area (Å²) in [5, 5.41) is 4.44. The van der Waals surface area contributed by atoms with Gasteiger partial charge in [0.15, 0.2) is 5.78 Å². The smallest absolute Gasteiger partial charge is 0.159 e. The Morgan fingerprint density at radius 3 is 2.87 bits per heavy atom. The molecule has 23 heavy (non-hydrogen) atoms. The normalized spacial score (nSPS) is 24.7. The Morgan fingerprint density at radius 1 is 1.22 bits per heavy atom. The number of carbonyl (C=O) groups is 1. The average molecular weight is 324 g/mol. The Balaban J connectivity index is 1.79. The van der Waals surface area contributed by atoms with Crippen molar-refractivity contribution in [2.75, 3.05) is 5.32 Å². The number of fused-ring (bicyclic) bond motifs is 3. The maximum Gasteiger partial charge on any atom is 0.159 e. The molecule has 0 aromatic heterocycles. The van der Waals surface area contributed by atoms with Crippen LogP contribution < -0.4 is 5.32 Å². The number of hydrogen-bond donors (Lipinski definition) is 1. The van der Waals surface area contributed by atoms with E-state index in [4.69, 9.17) is 11.6 Å². The van der Waals surface area contributed by atoms with E-state index in [0.29, 0.717) is 11.8 Å². The number of Topliss-reactive ketones (excluding diaryl/α,β-unsaturated/α-hetero) is 1. The third-order valence-electron chi connectivity index (χ3n) is 4.98. The molecule has 1 N–H and O–H groups in total. The summed E-state index contributed by atoms with van der Waals surface area (Å²) in [6.07, 6.45) is 5.58. The molecule has 0 bridgehead atoms. The second-order valence-corrected chi connectivity index (χ2v) is 6.83. The van der Waals surface area contributed by atoms with Gasteiger partial charge in [-0.2, -0.15) is 0 Å². The summed E-state index contributed by atoms with van der Waals surface area (Å²) in [5.41, 5.74) is 4.35. The molecule has 0 saturated heterocycles. The molecule has 1 aliphatic heterocycles. The molecule has 2 aliphatic rings. The van der Waals surface area contributed by atoms with E-state index in [1.54, 1.807) is 6.92 Å². The minimum atomic E-state index is 0.114. The van der Waals surface area contributed by atoms with E-state index < -0.39 is 0 Å². The van der Waals surface area contributed by atoms with E-state index in [1.807, 2.05) is 36.4 Å². The molecule has 2 aromatic carbocycles. The number of nitrogens with one attached hydrogen (secondary N) is 1. The third-order valence-corrected chi connectivity index (χ3v) is 5.21. The lowest BCUT2D eigenvalue weighted by molar-refractivity contribution is 0.101. The molecule has 1 aliphatic carbocycles. The first-order valence-corrected chi connectivity index (χ1v) is 8.35. The zero-order valence-electron chi connectivity index (χ0n) is 12.9. The Bertz CT molecular complexity index is 811. The predicted molar refractivity (Wildman–Crippen MR) is 94.3 cm³/mol. The topological polar surface area (TPSA) is 29.1 Å². The second-order valence-electron chi connectivity index (χ2n) is 6.39. The Hall–Kier alpha value is -2.06. The first-order chi connectivity index (χ1) is 11.1. The van der Waals surface area contributed by atoms with Crippen LogP contribution in [-0.2, 0) is 0 Å². The molecular formula is C20H18ClNO. The van der Waals surface area contributed by atoms with Crippen LogP contribution >= 0.6 is 11.6 Å². The van der Waals surface area contributed by atoms with Crippen molar-refractivity contribution in [3.8, 4) is 0 Å². The van der Waals surface area contributed by atoms with Gasteiger partial charge in [-0.3, -0.25) is 4.79 Å². The van der Waals surface area contributed by atoms with Gasteiger partial charge in [0.25, 0.3) is 0 Å². The molecule has 3 unspecified atom stereocenters. The lowest BCUT2D eigenvalue weighted by atomic mass is 9.76. The van der Waals surface area contributed by atoms with Crippen LogP contribution in [0.15, 0.2) is 54.6 Å². The van der Waals surface area contributed by atoms with Gasteiger partial charge in [0.1, 0.15) is 0 Å². The molecule has 116 valence electrons. The summed E-state index contributed by atoms with van der Waals surface area (Å²) in [6, 6.07) is 14.3. The van der Waals surface area contributed by atoms with E-state index in [-0.39, 0.29) is 11.8 Å². The molecule has 0 amide bonds. The van der Waals surface area contributed by atoms with Crippen molar-refractivity contribution in [1.29, 1.82) is 0 Å². The highest BCUT2D eigenvalue weighted by Crippen LogP contribution is 2.50. The molecule has 2 aromatic rings. The van der Waals surface area contributed by atoms with Crippen LogP contribution in [0.5, 0.6) is 0 Å². The van der Waals surface area contributed by atoms with Crippen LogP contribution in [0, 0.1) is 5.92 Å². The zero-order chi connectivity index (χ0) is 16.0. The van der Waals surface area contributed by atoms with E-state index in [1.165, 1.54) is 11.1 Å². The van der Waals surface area contributed by atoms with Gasteiger partial charge in [0, 0.05) is 22.2 Å². The van der Waals surface area contributed by atoms with Crippen molar-refractivity contribution in [3.63, 3.8) is 0 Å². The van der Waals surface area contributed by atoms with Gasteiger partial charge < -0.3 is 5.32 Å². The quantitative estimate of drug-likeness (QED) is 0.594. The summed E-state index contributed by atoms with van der Waals surface area (Å²) in [6.45, 7) is 1.62. The zero-order valence-corrected chi connectivity index (χ0v) is 13.7. The fourth-order valence-electron chi connectivity index (χ4n) is 3.84. The number of benzene rings is 2. The molecule has 3 atom stereocenters. The monoisotopic (exact) mass is 323 g/mol. The lowest BCUT2D eigenvalue weighted by Gasteiger charge is -2.37. The Morgan fingerprint density at radius 2 is 2.09 bits per heavy atom. The highest BCUT2D eigenvalue weighted by molar-refractivity contribution is 6.30. The SMILES string of the molecule is CC(=O)c1ccc2c(c1)C1C=CCC1C(c1cccc(Cl)c1)N2. The molecule has 0 saturated carbocycles. The molecule has 1 heterocycles. The van der Waals surface area contributed by atoms with E-state index in [2.05, 4.69) is 23.5 Å². The van der Waals surface area contributed by atoms with Gasteiger partial charge in [-0.1, -0.05) is 35.9 Å². The van der Waals surface area contributed by atoms with Gasteiger partial charge in [-0.25, -0.2) is 0 Å². The number of allylic oxidation sites excluding steroid dienone is 2. The van der Waals surface area contributed by atoms with Gasteiger partial charge in [-0.05, 0) is 60.7 Å². The van der Waals surface area contributed by atoms with Crippen LogP contribution in [0.3, 0.4) is 0 Å². The summed E-state index contributed by atoms with van der Waals surface area (Å²) in [5.74, 6) is 0.931. The maximum absolute atomic E-state index is 11.7. The molecule has 3 heteroatoms. The van der Waals surface area contributed by atoms with Crippen molar-refractivity contribution in [2.24, 2.45) is 5.92 Å². The number of rotatable bonds is 2. The number of anilines is 1. The lowest BCUT2D eigenvalue weighted by Crippen LogP contribution is -2.29. The molecular weight excluding hydrogens is 306 g/mol. The van der Waals surface area contributed by atoms with Gasteiger partial charge >= 0.3 is 0 Å². The third kappa shape index (κ3) is 2.47. The van der Waals surface area contributed by atoms with Gasteiger partial charge in [0.2, 0.25) is 0 Å². The standard InChI is InChI=1S/C20H18ClNO/c1-12(23)13-8-9-19-18(11-13)16-6-3-7-17(16)20(22-19)14-4-2-5-15(21)10-14/h2-6,8-11,16-17,20,22H,7H2,1H3. The maximum atomic E-state index is 11.7. The van der Waals surface area contributed by atoms with E-state index in [9.17, 15) is 4.79 Å². The molecule has 4 rings (SSSR count). The minimum Gasteiger partial charge on any atom is -0.378 e.